The summed E-state index contributed by atoms with van der Waals surface area (Å²) in [5.41, 5.74) is 4.10. The maximum Gasteiger partial charge on any atom is 0.272 e. The molecule has 6 rings (SSSR count). The molecule has 2 aromatic carbocycles. The molecule has 0 unspecified atom stereocenters. The number of likely N-dealkylation sites (tertiary alicyclic amines) is 2. The maximum absolute atomic E-state index is 13.1. The molecule has 3 aromatic rings. The third-order valence-electron chi connectivity index (χ3n) is 9.31. The molecule has 0 spiro atoms. The zero-order valence-electron chi connectivity index (χ0n) is 25.4. The van der Waals surface area contributed by atoms with Gasteiger partial charge in [-0.3, -0.25) is 19.5 Å². The number of hydrogen-bond acceptors (Lipinski definition) is 7. The lowest BCUT2D eigenvalue weighted by molar-refractivity contribution is 0.0589. The van der Waals surface area contributed by atoms with Crippen LogP contribution < -0.4 is 9.64 Å². The number of ether oxygens (including phenoxy) is 1. The molecule has 0 bridgehead atoms. The van der Waals surface area contributed by atoms with Crippen LogP contribution in [0.5, 0.6) is 5.75 Å². The summed E-state index contributed by atoms with van der Waals surface area (Å²) in [4.78, 5) is 37.2. The molecule has 3 saturated heterocycles. The van der Waals surface area contributed by atoms with Crippen molar-refractivity contribution in [2.24, 2.45) is 5.92 Å². The molecule has 8 nitrogen and oxygen atoms in total. The van der Waals surface area contributed by atoms with Crippen LogP contribution in [0.3, 0.4) is 0 Å². The molecule has 0 atom stereocenters. The Hall–Kier alpha value is -4.22. The van der Waals surface area contributed by atoms with Gasteiger partial charge in [-0.2, -0.15) is 5.26 Å². The molecule has 228 valence electrons. The van der Waals surface area contributed by atoms with Gasteiger partial charge in [-0.1, -0.05) is 12.1 Å². The fourth-order valence-electron chi connectivity index (χ4n) is 6.60. The lowest BCUT2D eigenvalue weighted by atomic mass is 9.90. The molecule has 1 aromatic heterocycles. The second-order valence-corrected chi connectivity index (χ2v) is 12.4. The molecule has 3 aliphatic rings. The number of amides is 1. The first-order chi connectivity index (χ1) is 21.5. The first kappa shape index (κ1) is 29.8. The Labute approximate surface area is 260 Å². The number of hydrogen-bond donors (Lipinski definition) is 0. The summed E-state index contributed by atoms with van der Waals surface area (Å²) in [6.07, 6.45) is 8.21. The van der Waals surface area contributed by atoms with Crippen LogP contribution in [-0.2, 0) is 6.54 Å². The van der Waals surface area contributed by atoms with Gasteiger partial charge in [0.25, 0.3) is 5.91 Å². The predicted octanol–water partition coefficient (Wildman–Crippen LogP) is 5.72. The number of benzene rings is 2. The van der Waals surface area contributed by atoms with Gasteiger partial charge >= 0.3 is 0 Å². The topological polar surface area (TPSA) is 89.8 Å². The number of nitrogens with zero attached hydrogens (tertiary/aromatic N) is 5. The highest BCUT2D eigenvalue weighted by molar-refractivity contribution is 5.97. The zero-order chi connectivity index (χ0) is 30.3. The molecular formula is C36H41N5O3. The zero-order valence-corrected chi connectivity index (χ0v) is 25.4. The highest BCUT2D eigenvalue weighted by Gasteiger charge is 2.26. The first-order valence-corrected chi connectivity index (χ1v) is 16.1. The van der Waals surface area contributed by atoms with Crippen molar-refractivity contribution in [1.29, 1.82) is 5.26 Å². The molecule has 0 radical (unpaired) electrons. The van der Waals surface area contributed by atoms with Crippen LogP contribution >= 0.6 is 0 Å². The Morgan fingerprint density at radius 2 is 1.55 bits per heavy atom. The minimum Gasteiger partial charge on any atom is -0.490 e. The highest BCUT2D eigenvalue weighted by Crippen LogP contribution is 2.26. The molecule has 3 aliphatic heterocycles. The van der Waals surface area contributed by atoms with Crippen LogP contribution in [0.15, 0.2) is 66.9 Å². The fourth-order valence-corrected chi connectivity index (χ4v) is 6.60. The van der Waals surface area contributed by atoms with E-state index in [1.54, 1.807) is 18.3 Å². The van der Waals surface area contributed by atoms with Gasteiger partial charge in [0, 0.05) is 69.4 Å². The third kappa shape index (κ3) is 7.46. The van der Waals surface area contributed by atoms with Crippen molar-refractivity contribution >= 4 is 17.4 Å². The summed E-state index contributed by atoms with van der Waals surface area (Å²) in [6.45, 7) is 6.28. The van der Waals surface area contributed by atoms with Crippen molar-refractivity contribution < 1.29 is 14.3 Å². The van der Waals surface area contributed by atoms with Gasteiger partial charge in [0.2, 0.25) is 0 Å². The highest BCUT2D eigenvalue weighted by atomic mass is 16.5. The summed E-state index contributed by atoms with van der Waals surface area (Å²) in [6, 6.07) is 21.8. The number of nitriles is 1. The molecular weight excluding hydrogens is 550 g/mol. The Morgan fingerprint density at radius 1 is 0.841 bits per heavy atom. The average Bonchev–Trinajstić information content (AvgIpc) is 3.62. The van der Waals surface area contributed by atoms with Crippen molar-refractivity contribution in [3.8, 4) is 11.8 Å². The Kier molecular flexibility index (Phi) is 9.52. The number of ketones is 1. The van der Waals surface area contributed by atoms with Gasteiger partial charge in [0.1, 0.15) is 17.5 Å². The van der Waals surface area contributed by atoms with Crippen molar-refractivity contribution in [1.82, 2.24) is 14.8 Å². The van der Waals surface area contributed by atoms with E-state index in [2.05, 4.69) is 45.1 Å². The maximum atomic E-state index is 13.1. The van der Waals surface area contributed by atoms with Crippen molar-refractivity contribution in [2.75, 3.05) is 44.2 Å². The van der Waals surface area contributed by atoms with E-state index >= 15 is 0 Å². The molecule has 1 amide bonds. The van der Waals surface area contributed by atoms with E-state index in [1.807, 2.05) is 29.2 Å². The second kappa shape index (κ2) is 14.0. The number of pyridine rings is 1. The smallest absolute Gasteiger partial charge is 0.272 e. The van der Waals surface area contributed by atoms with E-state index in [1.165, 1.54) is 24.1 Å². The van der Waals surface area contributed by atoms with Crippen LogP contribution in [0.2, 0.25) is 0 Å². The van der Waals surface area contributed by atoms with Crippen LogP contribution in [0.25, 0.3) is 0 Å². The molecule has 0 aliphatic carbocycles. The molecule has 4 heterocycles. The number of carbonyl (C=O) groups is 2. The van der Waals surface area contributed by atoms with E-state index in [0.29, 0.717) is 42.2 Å². The summed E-state index contributed by atoms with van der Waals surface area (Å²) >= 11 is 0. The number of carbonyl (C=O) groups excluding carboxylic acids is 2. The minimum absolute atomic E-state index is 0.0903. The number of rotatable bonds is 9. The molecule has 44 heavy (non-hydrogen) atoms. The van der Waals surface area contributed by atoms with Gasteiger partial charge in [-0.05, 0) is 98.8 Å². The Morgan fingerprint density at radius 3 is 2.18 bits per heavy atom. The lowest BCUT2D eigenvalue weighted by Crippen LogP contribution is -2.42. The number of Topliss-reactive ketones (excluding diaryl/α,β-unsaturated/α-hetero) is 1. The van der Waals surface area contributed by atoms with E-state index in [-0.39, 0.29) is 17.8 Å². The summed E-state index contributed by atoms with van der Waals surface area (Å²) in [5.74, 6) is 1.24. The fraction of sp³-hybridized carbons (Fsp3) is 0.444. The number of piperidine rings is 2. The number of aromatic nitrogens is 1. The van der Waals surface area contributed by atoms with Gasteiger partial charge in [-0.25, -0.2) is 0 Å². The van der Waals surface area contributed by atoms with E-state index in [9.17, 15) is 9.59 Å². The minimum atomic E-state index is -0.0907. The quantitative estimate of drug-likeness (QED) is 0.294. The largest absolute Gasteiger partial charge is 0.490 e. The SMILES string of the molecule is N#Cc1ccc(CN2CCC(CC(=O)c3ccc(C(=O)N4CCC(Oc5ccc(N6CCCC6)cc5)CC4)nc3)CC2)cc1. The normalized spacial score (nSPS) is 18.2. The molecule has 3 fully saturated rings. The average molecular weight is 592 g/mol. The third-order valence-corrected chi connectivity index (χ3v) is 9.31. The Bertz CT molecular complexity index is 1440. The molecule has 0 N–H and O–H groups in total. The van der Waals surface area contributed by atoms with Crippen LogP contribution in [0.1, 0.15) is 76.9 Å². The summed E-state index contributed by atoms with van der Waals surface area (Å²) in [7, 11) is 0. The van der Waals surface area contributed by atoms with Gasteiger partial charge in [0.05, 0.1) is 11.6 Å². The van der Waals surface area contributed by atoms with E-state index in [0.717, 1.165) is 64.2 Å². The van der Waals surface area contributed by atoms with E-state index < -0.39 is 0 Å². The molecule has 0 saturated carbocycles. The van der Waals surface area contributed by atoms with Gasteiger partial charge < -0.3 is 14.5 Å². The standard InChI is InChI=1S/C36H41N5O3/c37-24-28-3-5-29(6-4-28)26-39-19-13-27(14-20-39)23-35(42)30-7-12-34(38-25-30)36(43)41-21-15-33(16-22-41)44-32-10-8-31(9-11-32)40-17-1-2-18-40/h3-12,25,27,33H,1-2,13-23,26H2. The van der Waals surface area contributed by atoms with Crippen LogP contribution in [0, 0.1) is 17.2 Å². The van der Waals surface area contributed by atoms with Crippen molar-refractivity contribution in [3.63, 3.8) is 0 Å². The van der Waals surface area contributed by atoms with Crippen LogP contribution in [-0.4, -0.2) is 71.8 Å². The predicted molar refractivity (Wildman–Crippen MR) is 170 cm³/mol. The van der Waals surface area contributed by atoms with Crippen LogP contribution in [0.4, 0.5) is 5.69 Å². The monoisotopic (exact) mass is 591 g/mol. The first-order valence-electron chi connectivity index (χ1n) is 16.1. The van der Waals surface area contributed by atoms with Gasteiger partial charge in [0.15, 0.2) is 5.78 Å². The number of anilines is 1. The van der Waals surface area contributed by atoms with E-state index in [4.69, 9.17) is 10.00 Å². The second-order valence-electron chi connectivity index (χ2n) is 12.4. The van der Waals surface area contributed by atoms with Crippen molar-refractivity contribution in [2.45, 2.75) is 57.6 Å². The van der Waals surface area contributed by atoms with Crippen molar-refractivity contribution in [3.05, 3.63) is 89.2 Å². The molecule has 8 heteroatoms. The van der Waals surface area contributed by atoms with Gasteiger partial charge in [-0.15, -0.1) is 0 Å². The Balaban J connectivity index is 0.922. The lowest BCUT2D eigenvalue weighted by Gasteiger charge is -2.32. The summed E-state index contributed by atoms with van der Waals surface area (Å²) < 4.78 is 6.23. The summed E-state index contributed by atoms with van der Waals surface area (Å²) in [5, 5.41) is 8.99.